The average Bonchev–Trinajstić information content (AvgIpc) is 2.64. The molecule has 2 nitrogen and oxygen atoms in total. The number of aliphatic imine (C=N–C) groups is 1. The van der Waals surface area contributed by atoms with Crippen LogP contribution in [0.3, 0.4) is 0 Å². The van der Waals surface area contributed by atoms with Gasteiger partial charge in [-0.05, 0) is 30.2 Å². The van der Waals surface area contributed by atoms with Crippen LogP contribution in [0.5, 0.6) is 0 Å². The van der Waals surface area contributed by atoms with Crippen molar-refractivity contribution >= 4 is 22.2 Å². The van der Waals surface area contributed by atoms with Gasteiger partial charge in [-0.25, -0.2) is 9.36 Å². The summed E-state index contributed by atoms with van der Waals surface area (Å²) in [6, 6.07) is 31.2. The van der Waals surface area contributed by atoms with Gasteiger partial charge in [-0.1, -0.05) is 89.6 Å². The molecule has 3 aromatic carbocycles. The zero-order valence-corrected chi connectivity index (χ0v) is 15.2. The van der Waals surface area contributed by atoms with Gasteiger partial charge in [-0.2, -0.15) is 0 Å². The smallest absolute Gasteiger partial charge is 0.133 e. The van der Waals surface area contributed by atoms with Crippen LogP contribution in [0.1, 0.15) is 18.1 Å². The van der Waals surface area contributed by atoms with Crippen LogP contribution in [-0.2, 0) is 22.2 Å². The molecule has 0 bridgehead atoms. The first-order valence-corrected chi connectivity index (χ1v) is 9.89. The minimum atomic E-state index is -0.136. The van der Waals surface area contributed by atoms with E-state index in [1.54, 1.807) is 0 Å². The van der Waals surface area contributed by atoms with Crippen molar-refractivity contribution in [3.8, 4) is 0 Å². The molecule has 0 aromatic heterocycles. The Labute approximate surface area is 152 Å². The molecule has 25 heavy (non-hydrogen) atoms. The highest BCUT2D eigenvalue weighted by molar-refractivity contribution is 7.86. The van der Waals surface area contributed by atoms with E-state index in [0.717, 1.165) is 23.0 Å². The van der Waals surface area contributed by atoms with Gasteiger partial charge < -0.3 is 0 Å². The highest BCUT2D eigenvalue weighted by Gasteiger charge is 2.03. The Kier molecular flexibility index (Phi) is 6.29. The summed E-state index contributed by atoms with van der Waals surface area (Å²) in [5.74, 6) is 2.72. The lowest BCUT2D eigenvalue weighted by molar-refractivity contribution is 1.33. The summed E-state index contributed by atoms with van der Waals surface area (Å²) < 4.78 is 4.94. The quantitative estimate of drug-likeness (QED) is 0.403. The van der Waals surface area contributed by atoms with Crippen LogP contribution >= 0.6 is 0 Å². The fourth-order valence-corrected chi connectivity index (χ4v) is 4.35. The van der Waals surface area contributed by atoms with Crippen molar-refractivity contribution < 1.29 is 0 Å². The van der Waals surface area contributed by atoms with Gasteiger partial charge in [-0.15, -0.1) is 0 Å². The standard InChI is InChI=1S/C22H22N2S/c1-19(23-22-15-9-4-10-16-22)24-25(17-20-11-5-2-6-12-20)18-21-13-7-3-8-14-21/h2-16H,17-18H2,1H3. The molecule has 0 heterocycles. The third-order valence-electron chi connectivity index (χ3n) is 3.66. The molecule has 0 aliphatic carbocycles. The Bertz CT molecular complexity index is 797. The zero-order valence-electron chi connectivity index (χ0n) is 14.4. The van der Waals surface area contributed by atoms with Crippen LogP contribution in [0.15, 0.2) is 100 Å². The zero-order chi connectivity index (χ0) is 17.3. The molecule has 0 spiro atoms. The van der Waals surface area contributed by atoms with Crippen molar-refractivity contribution in [1.82, 2.24) is 0 Å². The van der Waals surface area contributed by atoms with E-state index in [0.29, 0.717) is 0 Å². The SMILES string of the molecule is CC(=Nc1ccccc1)N=S(Cc1ccccc1)Cc1ccccc1. The predicted octanol–water partition coefficient (Wildman–Crippen LogP) is 5.94. The van der Waals surface area contributed by atoms with Crippen molar-refractivity contribution in [3.05, 3.63) is 102 Å². The summed E-state index contributed by atoms with van der Waals surface area (Å²) in [6.45, 7) is 1.99. The van der Waals surface area contributed by atoms with Crippen molar-refractivity contribution in [2.75, 3.05) is 0 Å². The molecule has 0 N–H and O–H groups in total. The summed E-state index contributed by atoms with van der Waals surface area (Å²) in [7, 11) is -0.136. The second kappa shape index (κ2) is 9.09. The fraction of sp³-hybridized carbons (Fsp3) is 0.136. The molecule has 0 saturated carbocycles. The first-order chi connectivity index (χ1) is 12.3. The molecule has 0 amide bonds. The number of para-hydroxylation sites is 1. The number of amidine groups is 1. The van der Waals surface area contributed by atoms with Crippen LogP contribution in [0.4, 0.5) is 5.69 Å². The Morgan fingerprint density at radius 1 is 0.680 bits per heavy atom. The maximum absolute atomic E-state index is 4.94. The lowest BCUT2D eigenvalue weighted by Gasteiger charge is -2.09. The number of rotatable bonds is 5. The van der Waals surface area contributed by atoms with E-state index in [4.69, 9.17) is 4.36 Å². The maximum atomic E-state index is 4.94. The van der Waals surface area contributed by atoms with Gasteiger partial charge in [0.2, 0.25) is 0 Å². The topological polar surface area (TPSA) is 24.7 Å². The second-order valence-electron chi connectivity index (χ2n) is 5.81. The summed E-state index contributed by atoms with van der Waals surface area (Å²) in [6.07, 6.45) is 0. The van der Waals surface area contributed by atoms with Gasteiger partial charge in [-0.3, -0.25) is 0 Å². The predicted molar refractivity (Wildman–Crippen MR) is 109 cm³/mol. The van der Waals surface area contributed by atoms with Gasteiger partial charge in [0.15, 0.2) is 0 Å². The first kappa shape index (κ1) is 17.3. The Hall–Kier alpha value is -2.52. The minimum Gasteiger partial charge on any atom is -0.233 e. The molecule has 3 rings (SSSR count). The van der Waals surface area contributed by atoms with Crippen molar-refractivity contribution in [3.63, 3.8) is 0 Å². The summed E-state index contributed by atoms with van der Waals surface area (Å²) >= 11 is 0. The van der Waals surface area contributed by atoms with E-state index in [1.165, 1.54) is 11.1 Å². The third-order valence-corrected chi connectivity index (χ3v) is 5.52. The summed E-state index contributed by atoms with van der Waals surface area (Å²) in [5, 5.41) is 0. The molecule has 0 aliphatic rings. The average molecular weight is 346 g/mol. The van der Waals surface area contributed by atoms with Gasteiger partial charge in [0.1, 0.15) is 5.84 Å². The lowest BCUT2D eigenvalue weighted by Crippen LogP contribution is -2.02. The Balaban J connectivity index is 1.85. The van der Waals surface area contributed by atoms with Crippen molar-refractivity contribution in [1.29, 1.82) is 0 Å². The number of hydrogen-bond donors (Lipinski definition) is 0. The molecule has 0 aliphatic heterocycles. The molecule has 3 heteroatoms. The van der Waals surface area contributed by atoms with E-state index in [9.17, 15) is 0 Å². The number of hydrogen-bond acceptors (Lipinski definition) is 1. The lowest BCUT2D eigenvalue weighted by atomic mass is 10.2. The molecule has 0 saturated heterocycles. The molecule has 126 valence electrons. The van der Waals surface area contributed by atoms with Crippen LogP contribution in [0.25, 0.3) is 0 Å². The molecular weight excluding hydrogens is 324 g/mol. The van der Waals surface area contributed by atoms with E-state index in [2.05, 4.69) is 65.7 Å². The Morgan fingerprint density at radius 3 is 1.60 bits per heavy atom. The molecule has 3 aromatic rings. The van der Waals surface area contributed by atoms with E-state index in [1.807, 2.05) is 37.3 Å². The van der Waals surface area contributed by atoms with Gasteiger partial charge in [0.25, 0.3) is 0 Å². The minimum absolute atomic E-state index is 0.136. The van der Waals surface area contributed by atoms with Gasteiger partial charge in [0.05, 0.1) is 5.69 Å². The van der Waals surface area contributed by atoms with E-state index >= 15 is 0 Å². The van der Waals surface area contributed by atoms with E-state index < -0.39 is 0 Å². The fourth-order valence-electron chi connectivity index (χ4n) is 2.55. The maximum Gasteiger partial charge on any atom is 0.133 e. The highest BCUT2D eigenvalue weighted by atomic mass is 32.2. The van der Waals surface area contributed by atoms with Crippen molar-refractivity contribution in [2.24, 2.45) is 9.36 Å². The van der Waals surface area contributed by atoms with Gasteiger partial charge >= 0.3 is 0 Å². The Morgan fingerprint density at radius 2 is 1.12 bits per heavy atom. The normalized spacial score (nSPS) is 11.5. The van der Waals surface area contributed by atoms with Crippen LogP contribution in [-0.4, -0.2) is 5.84 Å². The van der Waals surface area contributed by atoms with Gasteiger partial charge in [0, 0.05) is 11.5 Å². The highest BCUT2D eigenvalue weighted by Crippen LogP contribution is 2.14. The molecule has 0 atom stereocenters. The number of nitrogens with zero attached hydrogens (tertiary/aromatic N) is 2. The monoisotopic (exact) mass is 346 g/mol. The van der Waals surface area contributed by atoms with Crippen LogP contribution in [0, 0.1) is 0 Å². The number of benzene rings is 3. The third kappa shape index (κ3) is 5.80. The molecule has 0 fully saturated rings. The largest absolute Gasteiger partial charge is 0.233 e. The van der Waals surface area contributed by atoms with Crippen molar-refractivity contribution in [2.45, 2.75) is 18.4 Å². The van der Waals surface area contributed by atoms with Crippen LogP contribution in [0.2, 0.25) is 0 Å². The first-order valence-electron chi connectivity index (χ1n) is 8.37. The second-order valence-corrected chi connectivity index (χ2v) is 7.49. The molecular formula is C22H22N2S. The summed E-state index contributed by atoms with van der Waals surface area (Å²) in [4.78, 5) is 4.64. The van der Waals surface area contributed by atoms with Crippen LogP contribution < -0.4 is 0 Å². The van der Waals surface area contributed by atoms with E-state index in [-0.39, 0.29) is 10.7 Å². The summed E-state index contributed by atoms with van der Waals surface area (Å²) in [5.41, 5.74) is 3.59. The molecule has 0 radical (unpaired) electrons. The molecule has 0 unspecified atom stereocenters.